The highest BCUT2D eigenvalue weighted by Gasteiger charge is 2.35. The predicted molar refractivity (Wildman–Crippen MR) is 98.3 cm³/mol. The summed E-state index contributed by atoms with van der Waals surface area (Å²) < 4.78 is 34.8. The SMILES string of the molecule is C[SH+]c1ccc(-c2cc(F)c(OC3CC4CCC(C3)N4)c(F)c2)cc1. The third-order valence-electron chi connectivity index (χ3n) is 5.17. The summed E-state index contributed by atoms with van der Waals surface area (Å²) >= 11 is 1.17. The Labute approximate surface area is 151 Å². The van der Waals surface area contributed by atoms with Crippen LogP contribution in [0, 0.1) is 11.6 Å². The van der Waals surface area contributed by atoms with Crippen molar-refractivity contribution in [1.82, 2.24) is 5.32 Å². The van der Waals surface area contributed by atoms with E-state index in [9.17, 15) is 8.78 Å². The molecule has 0 amide bonds. The number of nitrogens with one attached hydrogen (secondary N) is 1. The van der Waals surface area contributed by atoms with Crippen molar-refractivity contribution in [3.05, 3.63) is 48.0 Å². The molecule has 2 atom stereocenters. The van der Waals surface area contributed by atoms with Gasteiger partial charge >= 0.3 is 0 Å². The molecule has 2 aromatic carbocycles. The van der Waals surface area contributed by atoms with Gasteiger partial charge in [-0.15, -0.1) is 0 Å². The largest absolute Gasteiger partial charge is 0.484 e. The summed E-state index contributed by atoms with van der Waals surface area (Å²) in [5.41, 5.74) is 1.34. The average Bonchev–Trinajstić information content (AvgIpc) is 2.96. The zero-order valence-electron chi connectivity index (χ0n) is 14.1. The average molecular weight is 362 g/mol. The molecular weight excluding hydrogens is 340 g/mol. The van der Waals surface area contributed by atoms with E-state index in [-0.39, 0.29) is 11.9 Å². The van der Waals surface area contributed by atoms with Crippen LogP contribution in [0.2, 0.25) is 0 Å². The van der Waals surface area contributed by atoms with Gasteiger partial charge in [-0.1, -0.05) is 0 Å². The van der Waals surface area contributed by atoms with E-state index >= 15 is 0 Å². The lowest BCUT2D eigenvalue weighted by Crippen LogP contribution is -2.42. The monoisotopic (exact) mass is 362 g/mol. The van der Waals surface area contributed by atoms with Crippen molar-refractivity contribution < 1.29 is 13.5 Å². The molecule has 25 heavy (non-hydrogen) atoms. The Bertz CT molecular complexity index is 730. The first-order valence-electron chi connectivity index (χ1n) is 8.74. The Morgan fingerprint density at radius 2 is 1.56 bits per heavy atom. The third kappa shape index (κ3) is 3.53. The van der Waals surface area contributed by atoms with E-state index in [1.54, 1.807) is 0 Å². The smallest absolute Gasteiger partial charge is 0.191 e. The van der Waals surface area contributed by atoms with Gasteiger partial charge in [0.05, 0.1) is 0 Å². The molecule has 2 saturated heterocycles. The maximum absolute atomic E-state index is 14.5. The van der Waals surface area contributed by atoms with Crippen LogP contribution >= 0.6 is 0 Å². The lowest BCUT2D eigenvalue weighted by atomic mass is 10.0. The molecule has 2 heterocycles. The van der Waals surface area contributed by atoms with Crippen LogP contribution < -0.4 is 10.1 Å². The maximum atomic E-state index is 14.5. The van der Waals surface area contributed by atoms with Gasteiger partial charge < -0.3 is 10.1 Å². The molecule has 0 spiro atoms. The minimum absolute atomic E-state index is 0.114. The molecule has 132 valence electrons. The fourth-order valence-electron chi connectivity index (χ4n) is 3.91. The zero-order valence-corrected chi connectivity index (χ0v) is 15.0. The molecule has 0 aromatic heterocycles. The number of thiol groups is 1. The van der Waals surface area contributed by atoms with Gasteiger partial charge in [0.25, 0.3) is 0 Å². The van der Waals surface area contributed by atoms with Crippen molar-refractivity contribution in [2.75, 3.05) is 6.26 Å². The topological polar surface area (TPSA) is 21.3 Å². The van der Waals surface area contributed by atoms with Crippen molar-refractivity contribution in [3.8, 4) is 16.9 Å². The Kier molecular flexibility index (Phi) is 4.69. The number of piperidine rings is 1. The number of benzene rings is 2. The molecule has 2 aliphatic heterocycles. The fraction of sp³-hybridized carbons (Fsp3) is 0.400. The van der Waals surface area contributed by atoms with Gasteiger partial charge in [-0.25, -0.2) is 8.78 Å². The van der Waals surface area contributed by atoms with Crippen molar-refractivity contribution in [1.29, 1.82) is 0 Å². The van der Waals surface area contributed by atoms with E-state index in [4.69, 9.17) is 4.74 Å². The quantitative estimate of drug-likeness (QED) is 0.653. The number of fused-ring (bicyclic) bond motifs is 2. The highest BCUT2D eigenvalue weighted by molar-refractivity contribution is 7.77. The molecule has 2 nitrogen and oxygen atoms in total. The predicted octanol–water partition coefficient (Wildman–Crippen LogP) is 4.10. The standard InChI is InChI=1S/C20H21F2NOS/c1-25-17-6-2-12(3-7-17)13-8-18(21)20(19(22)9-13)24-16-10-14-4-5-15(11-16)23-14/h2-3,6-9,14-16,23H,4-5,10-11H2,1H3/p+1. The first kappa shape index (κ1) is 16.9. The van der Waals surface area contributed by atoms with E-state index in [0.29, 0.717) is 17.6 Å². The summed E-state index contributed by atoms with van der Waals surface area (Å²) in [6.45, 7) is 0. The first-order chi connectivity index (χ1) is 12.1. The molecule has 5 heteroatoms. The second-order valence-corrected chi connectivity index (χ2v) is 7.85. The summed E-state index contributed by atoms with van der Waals surface area (Å²) in [5.74, 6) is -1.49. The second kappa shape index (κ2) is 6.96. The van der Waals surface area contributed by atoms with E-state index in [0.717, 1.165) is 31.2 Å². The van der Waals surface area contributed by atoms with Crippen LogP contribution in [0.1, 0.15) is 25.7 Å². The van der Waals surface area contributed by atoms with Gasteiger partial charge in [0.1, 0.15) is 12.4 Å². The van der Waals surface area contributed by atoms with E-state index < -0.39 is 11.6 Å². The van der Waals surface area contributed by atoms with E-state index in [1.165, 1.54) is 28.8 Å². The molecule has 2 aliphatic rings. The number of rotatable bonds is 4. The van der Waals surface area contributed by atoms with Crippen LogP contribution in [0.15, 0.2) is 41.3 Å². The van der Waals surface area contributed by atoms with Crippen LogP contribution in [-0.4, -0.2) is 24.4 Å². The highest BCUT2D eigenvalue weighted by Crippen LogP contribution is 2.34. The van der Waals surface area contributed by atoms with Crippen molar-refractivity contribution in [2.45, 2.75) is 48.8 Å². The molecule has 1 N–H and O–H groups in total. The van der Waals surface area contributed by atoms with Gasteiger partial charge in [0, 0.05) is 23.8 Å². The molecule has 0 aliphatic carbocycles. The van der Waals surface area contributed by atoms with Crippen LogP contribution in [-0.2, 0) is 11.8 Å². The van der Waals surface area contributed by atoms with Gasteiger partial charge in [-0.05, 0) is 73.2 Å². The van der Waals surface area contributed by atoms with Crippen LogP contribution in [0.25, 0.3) is 11.1 Å². The first-order valence-corrected chi connectivity index (χ1v) is 10.1. The maximum Gasteiger partial charge on any atom is 0.191 e. The lowest BCUT2D eigenvalue weighted by Gasteiger charge is -2.29. The zero-order chi connectivity index (χ0) is 17.4. The van der Waals surface area contributed by atoms with Crippen molar-refractivity contribution in [2.24, 2.45) is 0 Å². The highest BCUT2D eigenvalue weighted by atomic mass is 32.2. The summed E-state index contributed by atoms with van der Waals surface area (Å²) in [7, 11) is 0. The van der Waals surface area contributed by atoms with Gasteiger partial charge in [-0.3, -0.25) is 0 Å². The van der Waals surface area contributed by atoms with E-state index in [2.05, 4.69) is 5.32 Å². The minimum Gasteiger partial charge on any atom is -0.484 e. The Hall–Kier alpha value is -1.59. The third-order valence-corrected chi connectivity index (χ3v) is 5.99. The fourth-order valence-corrected chi connectivity index (χ4v) is 4.36. The minimum atomic E-state index is -0.626. The Balaban J connectivity index is 1.55. The summed E-state index contributed by atoms with van der Waals surface area (Å²) in [6, 6.07) is 11.3. The molecular formula is C20H22F2NOS+. The Morgan fingerprint density at radius 1 is 0.960 bits per heavy atom. The number of hydrogen-bond donors (Lipinski definition) is 1. The summed E-state index contributed by atoms with van der Waals surface area (Å²) in [6.07, 6.45) is 5.82. The van der Waals surface area contributed by atoms with E-state index in [1.807, 2.05) is 30.5 Å². The molecule has 0 radical (unpaired) electrons. The van der Waals surface area contributed by atoms with Crippen molar-refractivity contribution >= 4 is 11.8 Å². The molecule has 2 unspecified atom stereocenters. The molecule has 4 rings (SSSR count). The van der Waals surface area contributed by atoms with Crippen molar-refractivity contribution in [3.63, 3.8) is 0 Å². The lowest BCUT2D eigenvalue weighted by molar-refractivity contribution is 0.126. The van der Waals surface area contributed by atoms with Crippen LogP contribution in [0.3, 0.4) is 0 Å². The summed E-state index contributed by atoms with van der Waals surface area (Å²) in [4.78, 5) is 1.17. The Morgan fingerprint density at radius 3 is 2.12 bits per heavy atom. The van der Waals surface area contributed by atoms with Gasteiger partial charge in [0.2, 0.25) is 0 Å². The molecule has 2 aromatic rings. The molecule has 2 fully saturated rings. The summed E-state index contributed by atoms with van der Waals surface area (Å²) in [5, 5.41) is 3.51. The number of halogens is 2. The number of hydrogen-bond acceptors (Lipinski definition) is 2. The normalized spacial score (nSPS) is 25.2. The molecule has 2 bridgehead atoms. The van der Waals surface area contributed by atoms with Gasteiger partial charge in [-0.2, -0.15) is 0 Å². The van der Waals surface area contributed by atoms with Crippen LogP contribution in [0.4, 0.5) is 8.78 Å². The number of ether oxygens (including phenoxy) is 1. The van der Waals surface area contributed by atoms with Crippen LogP contribution in [0.5, 0.6) is 5.75 Å². The second-order valence-electron chi connectivity index (χ2n) is 6.89. The molecule has 0 saturated carbocycles. The van der Waals surface area contributed by atoms with Gasteiger partial charge in [0.15, 0.2) is 22.3 Å².